The largest absolute Gasteiger partial charge is 0.352 e. The molecule has 1 N–H and O–H groups in total. The van der Waals surface area contributed by atoms with Gasteiger partial charge in [-0.05, 0) is 35.9 Å². The molecule has 30 heavy (non-hydrogen) atoms. The van der Waals surface area contributed by atoms with Crippen molar-refractivity contribution in [1.29, 1.82) is 0 Å². The fourth-order valence-electron chi connectivity index (χ4n) is 4.37. The summed E-state index contributed by atoms with van der Waals surface area (Å²) >= 11 is 1.61. The standard InChI is InChI=1S/C23H24N4O2S/c28-22(24-17-9-5-2-6-10-17)15-27-23(29)20-13-21-19(11-12-30-21)26(20)14-18(25-27)16-7-3-1-4-8-16/h1,3-4,7-8,11-13,17H,2,5-6,9-10,14-15H2,(H,24,28). The molecule has 1 saturated carbocycles. The number of hydrogen-bond acceptors (Lipinski definition) is 4. The average Bonchev–Trinajstić information content (AvgIpc) is 3.32. The van der Waals surface area contributed by atoms with E-state index in [2.05, 4.69) is 10.4 Å². The normalized spacial score (nSPS) is 17.5. The van der Waals surface area contributed by atoms with Gasteiger partial charge in [0.15, 0.2) is 0 Å². The Bertz CT molecular complexity index is 1110. The van der Waals surface area contributed by atoms with Gasteiger partial charge in [-0.2, -0.15) is 5.10 Å². The van der Waals surface area contributed by atoms with E-state index in [0.717, 1.165) is 47.2 Å². The summed E-state index contributed by atoms with van der Waals surface area (Å²) in [6.45, 7) is 0.427. The second kappa shape index (κ2) is 8.07. The van der Waals surface area contributed by atoms with E-state index in [1.54, 1.807) is 11.3 Å². The third-order valence-corrected chi connectivity index (χ3v) is 6.75. The van der Waals surface area contributed by atoms with Crippen LogP contribution in [-0.4, -0.2) is 39.7 Å². The number of carbonyl (C=O) groups excluding carboxylic acids is 2. The van der Waals surface area contributed by atoms with Crippen molar-refractivity contribution in [3.63, 3.8) is 0 Å². The molecule has 0 spiro atoms. The Balaban J connectivity index is 1.47. The van der Waals surface area contributed by atoms with E-state index in [1.165, 1.54) is 11.4 Å². The number of rotatable bonds is 4. The Kier molecular flexibility index (Phi) is 5.12. The zero-order valence-corrected chi connectivity index (χ0v) is 17.5. The molecule has 3 heterocycles. The van der Waals surface area contributed by atoms with E-state index >= 15 is 0 Å². The SMILES string of the molecule is O=C(CN1N=C(c2ccccc2)Cn2c(cc3sccc32)C1=O)NC1CCCCC1. The first kappa shape index (κ1) is 19.1. The van der Waals surface area contributed by atoms with Gasteiger partial charge in [0.25, 0.3) is 5.91 Å². The molecule has 2 aromatic heterocycles. The van der Waals surface area contributed by atoms with Gasteiger partial charge >= 0.3 is 0 Å². The van der Waals surface area contributed by atoms with Crippen molar-refractivity contribution in [2.75, 3.05) is 6.54 Å². The predicted octanol–water partition coefficient (Wildman–Crippen LogP) is 4.01. The van der Waals surface area contributed by atoms with E-state index in [0.29, 0.717) is 12.2 Å². The van der Waals surface area contributed by atoms with Crippen LogP contribution in [0.25, 0.3) is 10.2 Å². The fourth-order valence-corrected chi connectivity index (χ4v) is 5.19. The molecule has 7 heteroatoms. The third-order valence-electron chi connectivity index (χ3n) is 5.90. The zero-order chi connectivity index (χ0) is 20.5. The van der Waals surface area contributed by atoms with Gasteiger partial charge in [-0.15, -0.1) is 11.3 Å². The molecule has 1 aromatic carbocycles. The van der Waals surface area contributed by atoms with Crippen molar-refractivity contribution in [3.8, 4) is 0 Å². The molecule has 0 unspecified atom stereocenters. The van der Waals surface area contributed by atoms with Gasteiger partial charge in [0.2, 0.25) is 5.91 Å². The molecular formula is C23H24N4O2S. The quantitative estimate of drug-likeness (QED) is 0.693. The Morgan fingerprint density at radius 3 is 2.73 bits per heavy atom. The minimum absolute atomic E-state index is 0.0650. The van der Waals surface area contributed by atoms with Crippen LogP contribution in [0.1, 0.15) is 48.2 Å². The Morgan fingerprint density at radius 2 is 1.93 bits per heavy atom. The van der Waals surface area contributed by atoms with Crippen LogP contribution in [0.15, 0.2) is 52.9 Å². The summed E-state index contributed by atoms with van der Waals surface area (Å²) < 4.78 is 3.08. The molecule has 2 amide bonds. The number of amides is 2. The first-order chi connectivity index (χ1) is 14.7. The van der Waals surface area contributed by atoms with Gasteiger partial charge in [0, 0.05) is 6.04 Å². The highest BCUT2D eigenvalue weighted by molar-refractivity contribution is 7.17. The number of fused-ring (bicyclic) bond motifs is 3. The summed E-state index contributed by atoms with van der Waals surface area (Å²) in [5.41, 5.74) is 3.34. The number of carbonyl (C=O) groups is 2. The van der Waals surface area contributed by atoms with Crippen LogP contribution >= 0.6 is 11.3 Å². The summed E-state index contributed by atoms with van der Waals surface area (Å²) in [5, 5.41) is 11.1. The number of benzene rings is 1. The molecule has 0 atom stereocenters. The van der Waals surface area contributed by atoms with Crippen LogP contribution in [0.3, 0.4) is 0 Å². The molecule has 154 valence electrons. The maximum atomic E-state index is 13.3. The van der Waals surface area contributed by atoms with Crippen molar-refractivity contribution in [3.05, 3.63) is 59.1 Å². The van der Waals surface area contributed by atoms with Gasteiger partial charge in [0.05, 0.1) is 22.5 Å². The monoisotopic (exact) mass is 420 g/mol. The lowest BCUT2D eigenvalue weighted by Crippen LogP contribution is -2.43. The molecule has 1 aliphatic heterocycles. The van der Waals surface area contributed by atoms with Crippen LogP contribution < -0.4 is 5.32 Å². The van der Waals surface area contributed by atoms with Gasteiger partial charge in [0.1, 0.15) is 12.2 Å². The summed E-state index contributed by atoms with van der Waals surface area (Å²) in [6.07, 6.45) is 5.55. The van der Waals surface area contributed by atoms with E-state index < -0.39 is 0 Å². The van der Waals surface area contributed by atoms with E-state index in [-0.39, 0.29) is 24.4 Å². The molecule has 0 saturated heterocycles. The minimum Gasteiger partial charge on any atom is -0.352 e. The van der Waals surface area contributed by atoms with E-state index in [1.807, 2.05) is 52.4 Å². The van der Waals surface area contributed by atoms with Crippen LogP contribution in [0.4, 0.5) is 0 Å². The van der Waals surface area contributed by atoms with Crippen molar-refractivity contribution < 1.29 is 9.59 Å². The second-order valence-electron chi connectivity index (χ2n) is 7.96. The van der Waals surface area contributed by atoms with Crippen LogP contribution in [0.5, 0.6) is 0 Å². The molecule has 1 fully saturated rings. The number of nitrogens with zero attached hydrogens (tertiary/aromatic N) is 3. The molecule has 1 aliphatic carbocycles. The predicted molar refractivity (Wildman–Crippen MR) is 119 cm³/mol. The third kappa shape index (κ3) is 3.65. The number of nitrogens with one attached hydrogen (secondary N) is 1. The first-order valence-electron chi connectivity index (χ1n) is 10.5. The smallest absolute Gasteiger partial charge is 0.291 e. The number of hydrazone groups is 1. The van der Waals surface area contributed by atoms with Gasteiger partial charge in [-0.1, -0.05) is 49.6 Å². The molecule has 2 aliphatic rings. The minimum atomic E-state index is -0.233. The Morgan fingerprint density at radius 1 is 1.13 bits per heavy atom. The van der Waals surface area contributed by atoms with Crippen LogP contribution in [0, 0.1) is 0 Å². The van der Waals surface area contributed by atoms with Gasteiger partial charge < -0.3 is 9.88 Å². The number of hydrogen-bond donors (Lipinski definition) is 1. The number of thiophene rings is 1. The van der Waals surface area contributed by atoms with E-state index in [9.17, 15) is 9.59 Å². The fraction of sp³-hybridized carbons (Fsp3) is 0.348. The van der Waals surface area contributed by atoms with Gasteiger partial charge in [-0.25, -0.2) is 5.01 Å². The highest BCUT2D eigenvalue weighted by atomic mass is 32.1. The van der Waals surface area contributed by atoms with E-state index in [4.69, 9.17) is 0 Å². The summed E-state index contributed by atoms with van der Waals surface area (Å²) in [5.74, 6) is -0.378. The van der Waals surface area contributed by atoms with Crippen molar-refractivity contribution in [1.82, 2.24) is 14.9 Å². The highest BCUT2D eigenvalue weighted by Gasteiger charge is 2.29. The van der Waals surface area contributed by atoms with Crippen LogP contribution in [0.2, 0.25) is 0 Å². The highest BCUT2D eigenvalue weighted by Crippen LogP contribution is 2.28. The molecule has 6 nitrogen and oxygen atoms in total. The lowest BCUT2D eigenvalue weighted by Gasteiger charge is -2.24. The first-order valence-corrected chi connectivity index (χ1v) is 11.4. The molecular weight excluding hydrogens is 396 g/mol. The maximum absolute atomic E-state index is 13.3. The summed E-state index contributed by atoms with van der Waals surface area (Å²) in [7, 11) is 0. The van der Waals surface area contributed by atoms with Crippen molar-refractivity contribution in [2.24, 2.45) is 5.10 Å². The summed E-state index contributed by atoms with van der Waals surface area (Å²) in [4.78, 5) is 26.1. The lowest BCUT2D eigenvalue weighted by molar-refractivity contribution is -0.122. The Labute approximate surface area is 179 Å². The average molecular weight is 421 g/mol. The van der Waals surface area contributed by atoms with Crippen molar-refractivity contribution in [2.45, 2.75) is 44.7 Å². The molecule has 3 aromatic rings. The van der Waals surface area contributed by atoms with Crippen molar-refractivity contribution >= 4 is 39.1 Å². The topological polar surface area (TPSA) is 66.7 Å². The number of aromatic nitrogens is 1. The lowest BCUT2D eigenvalue weighted by atomic mass is 9.95. The Hall–Kier alpha value is -2.93. The second-order valence-corrected chi connectivity index (χ2v) is 8.91. The van der Waals surface area contributed by atoms with Crippen LogP contribution in [-0.2, 0) is 11.3 Å². The molecule has 0 radical (unpaired) electrons. The maximum Gasteiger partial charge on any atom is 0.291 e. The summed E-state index contributed by atoms with van der Waals surface area (Å²) in [6, 6.07) is 14.0. The van der Waals surface area contributed by atoms with Gasteiger partial charge in [-0.3, -0.25) is 9.59 Å². The molecule has 5 rings (SSSR count). The zero-order valence-electron chi connectivity index (χ0n) is 16.7. The molecule has 0 bridgehead atoms.